The van der Waals surface area contributed by atoms with E-state index >= 15 is 0 Å². The topological polar surface area (TPSA) is 37.4 Å². The van der Waals surface area contributed by atoms with Crippen LogP contribution in [-0.4, -0.2) is 34.5 Å². The summed E-state index contributed by atoms with van der Waals surface area (Å²) in [6.45, 7) is 5.62. The first kappa shape index (κ1) is 16.9. The van der Waals surface area contributed by atoms with E-state index in [2.05, 4.69) is 29.8 Å². The number of hydrogen-bond donors (Lipinski definition) is 0. The van der Waals surface area contributed by atoms with E-state index in [1.54, 1.807) is 12.1 Å². The minimum atomic E-state index is -0.450. The van der Waals surface area contributed by atoms with Crippen molar-refractivity contribution in [2.45, 2.75) is 37.9 Å². The van der Waals surface area contributed by atoms with E-state index in [1.165, 1.54) is 0 Å². The Kier molecular flexibility index (Phi) is 7.52. The highest BCUT2D eigenvalue weighted by Gasteiger charge is 2.22. The van der Waals surface area contributed by atoms with Gasteiger partial charge in [0, 0.05) is 25.1 Å². The average molecular weight is 340 g/mol. The molecule has 0 fully saturated rings. The zero-order valence-corrected chi connectivity index (χ0v) is 13.7. The van der Waals surface area contributed by atoms with Gasteiger partial charge >= 0.3 is 0 Å². The molecule has 1 amide bonds. The van der Waals surface area contributed by atoms with Crippen LogP contribution in [0.25, 0.3) is 0 Å². The first-order valence-corrected chi connectivity index (χ1v) is 8.02. The Morgan fingerprint density at radius 1 is 1.10 bits per heavy atom. The third-order valence-corrected chi connectivity index (χ3v) is 3.78. The van der Waals surface area contributed by atoms with E-state index in [1.807, 2.05) is 23.1 Å². The van der Waals surface area contributed by atoms with Crippen molar-refractivity contribution in [1.29, 1.82) is 0 Å². The third-order valence-electron chi connectivity index (χ3n) is 3.04. The Labute approximate surface area is 129 Å². The third kappa shape index (κ3) is 5.08. The molecule has 20 heavy (non-hydrogen) atoms. The number of rotatable bonds is 8. The maximum Gasteiger partial charge on any atom is 0.224 e. The summed E-state index contributed by atoms with van der Waals surface area (Å²) in [7, 11) is 0. The van der Waals surface area contributed by atoms with Crippen molar-refractivity contribution in [3.63, 3.8) is 0 Å². The Morgan fingerprint density at radius 3 is 2.15 bits per heavy atom. The van der Waals surface area contributed by atoms with Crippen molar-refractivity contribution in [1.82, 2.24) is 4.90 Å². The SMILES string of the molecule is CCCN(CCC)C(=O)CC(Br)C(=O)c1ccccc1. The lowest BCUT2D eigenvalue weighted by Gasteiger charge is -2.22. The maximum atomic E-state index is 12.2. The minimum absolute atomic E-state index is 0.0353. The lowest BCUT2D eigenvalue weighted by molar-refractivity contribution is -0.131. The van der Waals surface area contributed by atoms with Gasteiger partial charge in [0.2, 0.25) is 5.91 Å². The fourth-order valence-corrected chi connectivity index (χ4v) is 2.60. The zero-order chi connectivity index (χ0) is 15.0. The molecule has 1 unspecified atom stereocenters. The molecule has 1 aromatic rings. The molecule has 0 heterocycles. The van der Waals surface area contributed by atoms with Gasteiger partial charge in [-0.15, -0.1) is 0 Å². The molecule has 0 saturated carbocycles. The van der Waals surface area contributed by atoms with Crippen LogP contribution in [0.4, 0.5) is 0 Å². The molecular weight excluding hydrogens is 318 g/mol. The number of ketones is 1. The molecule has 1 rings (SSSR count). The van der Waals surface area contributed by atoms with Crippen LogP contribution in [0.1, 0.15) is 43.5 Å². The normalized spacial score (nSPS) is 11.9. The molecule has 0 N–H and O–H groups in total. The van der Waals surface area contributed by atoms with Crippen LogP contribution in [0.15, 0.2) is 30.3 Å². The molecule has 0 bridgehead atoms. The van der Waals surface area contributed by atoms with E-state index in [4.69, 9.17) is 0 Å². The quantitative estimate of drug-likeness (QED) is 0.535. The molecule has 0 aromatic heterocycles. The van der Waals surface area contributed by atoms with E-state index in [-0.39, 0.29) is 18.1 Å². The number of amides is 1. The number of carbonyl (C=O) groups excluding carboxylic acids is 2. The van der Waals surface area contributed by atoms with Crippen LogP contribution in [0.3, 0.4) is 0 Å². The number of hydrogen-bond acceptors (Lipinski definition) is 2. The van der Waals surface area contributed by atoms with Crippen LogP contribution in [0.5, 0.6) is 0 Å². The number of benzene rings is 1. The second-order valence-electron chi connectivity index (χ2n) is 4.78. The first-order chi connectivity index (χ1) is 9.60. The molecule has 110 valence electrons. The molecular formula is C16H22BrNO2. The van der Waals surface area contributed by atoms with Gasteiger partial charge in [0.25, 0.3) is 0 Å². The van der Waals surface area contributed by atoms with Gasteiger partial charge < -0.3 is 4.90 Å². The maximum absolute atomic E-state index is 12.2. The van der Waals surface area contributed by atoms with Gasteiger partial charge in [0.05, 0.1) is 4.83 Å². The standard InChI is InChI=1S/C16H22BrNO2/c1-3-10-18(11-4-2)15(19)12-14(17)16(20)13-8-6-5-7-9-13/h5-9,14H,3-4,10-12H2,1-2H3. The fraction of sp³-hybridized carbons (Fsp3) is 0.500. The summed E-state index contributed by atoms with van der Waals surface area (Å²) in [6, 6.07) is 9.08. The second kappa shape index (κ2) is 8.90. The Bertz CT molecular complexity index is 427. The summed E-state index contributed by atoms with van der Waals surface area (Å²) in [4.78, 5) is 25.8. The number of halogens is 1. The highest BCUT2D eigenvalue weighted by Crippen LogP contribution is 2.15. The van der Waals surface area contributed by atoms with Crippen molar-refractivity contribution < 1.29 is 9.59 Å². The predicted molar refractivity (Wildman–Crippen MR) is 85.3 cm³/mol. The zero-order valence-electron chi connectivity index (χ0n) is 12.1. The average Bonchev–Trinajstić information content (AvgIpc) is 2.47. The van der Waals surface area contributed by atoms with Gasteiger partial charge in [-0.05, 0) is 12.8 Å². The molecule has 0 aliphatic heterocycles. The molecule has 0 radical (unpaired) electrons. The molecule has 0 saturated heterocycles. The predicted octanol–water partition coefficient (Wildman–Crippen LogP) is 3.67. The second-order valence-corrected chi connectivity index (χ2v) is 5.89. The molecule has 0 aliphatic rings. The van der Waals surface area contributed by atoms with Crippen LogP contribution >= 0.6 is 15.9 Å². The van der Waals surface area contributed by atoms with Gasteiger partial charge in [-0.1, -0.05) is 60.1 Å². The van der Waals surface area contributed by atoms with E-state index in [0.717, 1.165) is 25.9 Å². The Morgan fingerprint density at radius 2 is 1.65 bits per heavy atom. The molecule has 3 nitrogen and oxygen atoms in total. The Balaban J connectivity index is 2.62. The fourth-order valence-electron chi connectivity index (χ4n) is 2.06. The van der Waals surface area contributed by atoms with Gasteiger partial charge in [-0.25, -0.2) is 0 Å². The van der Waals surface area contributed by atoms with Gasteiger partial charge in [0.15, 0.2) is 5.78 Å². The van der Waals surface area contributed by atoms with Gasteiger partial charge in [-0.2, -0.15) is 0 Å². The molecule has 0 spiro atoms. The number of carbonyl (C=O) groups is 2. The molecule has 0 aliphatic carbocycles. The minimum Gasteiger partial charge on any atom is -0.343 e. The number of Topliss-reactive ketones (excluding diaryl/α,β-unsaturated/α-hetero) is 1. The van der Waals surface area contributed by atoms with Crippen LogP contribution in [-0.2, 0) is 4.79 Å². The van der Waals surface area contributed by atoms with Crippen molar-refractivity contribution in [3.8, 4) is 0 Å². The Hall–Kier alpha value is -1.16. The summed E-state index contributed by atoms with van der Waals surface area (Å²) < 4.78 is 0. The highest BCUT2D eigenvalue weighted by molar-refractivity contribution is 9.10. The summed E-state index contributed by atoms with van der Waals surface area (Å²) in [5, 5.41) is 0. The van der Waals surface area contributed by atoms with E-state index in [9.17, 15) is 9.59 Å². The molecule has 1 atom stereocenters. The van der Waals surface area contributed by atoms with Crippen molar-refractivity contribution in [2.75, 3.05) is 13.1 Å². The van der Waals surface area contributed by atoms with Crippen molar-refractivity contribution in [3.05, 3.63) is 35.9 Å². The summed E-state index contributed by atoms with van der Waals surface area (Å²) in [6.07, 6.45) is 2.09. The lowest BCUT2D eigenvalue weighted by atomic mass is 10.1. The molecule has 4 heteroatoms. The van der Waals surface area contributed by atoms with Crippen molar-refractivity contribution in [2.24, 2.45) is 0 Å². The van der Waals surface area contributed by atoms with Gasteiger partial charge in [-0.3, -0.25) is 9.59 Å². The highest BCUT2D eigenvalue weighted by atomic mass is 79.9. The van der Waals surface area contributed by atoms with Crippen LogP contribution in [0, 0.1) is 0 Å². The summed E-state index contributed by atoms with van der Waals surface area (Å²) in [5.41, 5.74) is 0.639. The van der Waals surface area contributed by atoms with Crippen LogP contribution < -0.4 is 0 Å². The van der Waals surface area contributed by atoms with E-state index in [0.29, 0.717) is 5.56 Å². The summed E-state index contributed by atoms with van der Waals surface area (Å²) in [5.74, 6) is 0.00625. The van der Waals surface area contributed by atoms with Crippen LogP contribution in [0.2, 0.25) is 0 Å². The smallest absolute Gasteiger partial charge is 0.224 e. The monoisotopic (exact) mass is 339 g/mol. The largest absolute Gasteiger partial charge is 0.343 e. The first-order valence-electron chi connectivity index (χ1n) is 7.11. The number of nitrogens with zero attached hydrogens (tertiary/aromatic N) is 1. The van der Waals surface area contributed by atoms with Gasteiger partial charge in [0.1, 0.15) is 0 Å². The van der Waals surface area contributed by atoms with E-state index < -0.39 is 4.83 Å². The molecule has 1 aromatic carbocycles. The lowest BCUT2D eigenvalue weighted by Crippen LogP contribution is -2.35. The van der Waals surface area contributed by atoms with Crippen molar-refractivity contribution >= 4 is 27.6 Å². The number of alkyl halides is 1. The summed E-state index contributed by atoms with van der Waals surface area (Å²) >= 11 is 3.35.